The van der Waals surface area contributed by atoms with Crippen LogP contribution in [0.5, 0.6) is 0 Å². The molecule has 0 saturated heterocycles. The van der Waals surface area contributed by atoms with Gasteiger partial charge in [-0.1, -0.05) is 0 Å². The van der Waals surface area contributed by atoms with Crippen molar-refractivity contribution < 1.29 is 21.6 Å². The van der Waals surface area contributed by atoms with Gasteiger partial charge in [-0.25, -0.2) is 13.6 Å². The molecular weight excluding hydrogens is 343 g/mol. The van der Waals surface area contributed by atoms with Crippen molar-refractivity contribution in [2.45, 2.75) is 11.1 Å². The first-order valence-corrected chi connectivity index (χ1v) is 8.31. The van der Waals surface area contributed by atoms with Crippen LogP contribution < -0.4 is 15.4 Å². The molecule has 3 N–H and O–H groups in total. The molecule has 9 heteroatoms. The Hall–Kier alpha value is -2.26. The third-order valence-corrected chi connectivity index (χ3v) is 4.23. The van der Waals surface area contributed by atoms with Crippen LogP contribution in [-0.4, -0.2) is 22.5 Å². The molecule has 0 aromatic heterocycles. The average Bonchev–Trinajstić information content (AvgIpc) is 2.45. The van der Waals surface area contributed by atoms with Gasteiger partial charge in [0.05, 0.1) is 10.5 Å². The first-order chi connectivity index (χ1) is 11.0. The molecule has 2 aromatic rings. The fourth-order valence-corrected chi connectivity index (χ4v) is 2.83. The number of rotatable bonds is 4. The fourth-order valence-electron chi connectivity index (χ4n) is 2.09. The van der Waals surface area contributed by atoms with E-state index in [1.165, 1.54) is 6.07 Å². The van der Waals surface area contributed by atoms with Crippen molar-refractivity contribution in [3.8, 4) is 0 Å². The van der Waals surface area contributed by atoms with Crippen LogP contribution in [0.2, 0.25) is 0 Å². The Morgan fingerprint density at radius 3 is 2.00 bits per heavy atom. The minimum atomic E-state index is -4.84. The fraction of sp³-hybridized carbons (Fsp3) is 0.200. The molecule has 0 heterocycles. The monoisotopic (exact) mass is 359 g/mol. The predicted octanol–water partition coefficient (Wildman–Crippen LogP) is 3.16. The topological polar surface area (TPSA) is 75.4 Å². The van der Waals surface area contributed by atoms with Crippen molar-refractivity contribution >= 4 is 27.1 Å². The van der Waals surface area contributed by atoms with Gasteiger partial charge >= 0.3 is 6.18 Å². The second-order valence-electron chi connectivity index (χ2n) is 5.32. The van der Waals surface area contributed by atoms with Gasteiger partial charge in [-0.3, -0.25) is 0 Å². The van der Waals surface area contributed by atoms with Crippen molar-refractivity contribution in [1.82, 2.24) is 0 Å². The van der Waals surface area contributed by atoms with Crippen LogP contribution in [-0.2, 0) is 16.2 Å². The lowest BCUT2D eigenvalue weighted by molar-refractivity contribution is -0.139. The molecule has 130 valence electrons. The highest BCUT2D eigenvalue weighted by Crippen LogP contribution is 2.36. The Morgan fingerprint density at radius 2 is 1.54 bits per heavy atom. The van der Waals surface area contributed by atoms with Crippen LogP contribution in [0.1, 0.15) is 5.56 Å². The van der Waals surface area contributed by atoms with Crippen molar-refractivity contribution in [3.63, 3.8) is 0 Å². The maximum absolute atomic E-state index is 13.1. The highest BCUT2D eigenvalue weighted by atomic mass is 32.2. The number of nitrogens with zero attached hydrogens (tertiary/aromatic N) is 1. The average molecular weight is 359 g/mol. The summed E-state index contributed by atoms with van der Waals surface area (Å²) in [6, 6.07) is 9.80. The minimum Gasteiger partial charge on any atom is -0.378 e. The maximum atomic E-state index is 13.1. The molecule has 0 aliphatic heterocycles. The van der Waals surface area contributed by atoms with Gasteiger partial charge in [0.15, 0.2) is 0 Å². The van der Waals surface area contributed by atoms with E-state index in [4.69, 9.17) is 5.14 Å². The predicted molar refractivity (Wildman–Crippen MR) is 86.9 cm³/mol. The highest BCUT2D eigenvalue weighted by molar-refractivity contribution is 7.89. The van der Waals surface area contributed by atoms with Crippen molar-refractivity contribution in [2.24, 2.45) is 5.14 Å². The maximum Gasteiger partial charge on any atom is 0.417 e. The zero-order valence-corrected chi connectivity index (χ0v) is 13.7. The van der Waals surface area contributed by atoms with E-state index in [0.717, 1.165) is 17.8 Å². The smallest absolute Gasteiger partial charge is 0.378 e. The Kier molecular flexibility index (Phi) is 4.77. The number of anilines is 3. The lowest BCUT2D eigenvalue weighted by atomic mass is 10.2. The number of sulfonamides is 1. The van der Waals surface area contributed by atoms with Crippen LogP contribution in [0.15, 0.2) is 47.4 Å². The third-order valence-electron chi connectivity index (χ3n) is 3.26. The zero-order valence-electron chi connectivity index (χ0n) is 12.9. The number of hydrogen-bond donors (Lipinski definition) is 2. The summed E-state index contributed by atoms with van der Waals surface area (Å²) in [7, 11) is -0.744. The van der Waals surface area contributed by atoms with Gasteiger partial charge < -0.3 is 10.2 Å². The summed E-state index contributed by atoms with van der Waals surface area (Å²) in [5.41, 5.74) is 0.297. The number of hydrogen-bond acceptors (Lipinski definition) is 4. The minimum absolute atomic E-state index is 0.104. The Bertz CT molecular complexity index is 832. The van der Waals surface area contributed by atoms with Gasteiger partial charge in [-0.15, -0.1) is 0 Å². The molecule has 0 radical (unpaired) electrons. The van der Waals surface area contributed by atoms with Crippen LogP contribution >= 0.6 is 0 Å². The first kappa shape index (κ1) is 18.1. The summed E-state index contributed by atoms with van der Waals surface area (Å²) in [5, 5.41) is 7.66. The van der Waals surface area contributed by atoms with Gasteiger partial charge in [0.25, 0.3) is 0 Å². The Balaban J connectivity index is 2.38. The second kappa shape index (κ2) is 6.33. The molecule has 0 atom stereocenters. The van der Waals surface area contributed by atoms with E-state index in [1.54, 1.807) is 24.3 Å². The molecule has 0 aliphatic carbocycles. The molecule has 0 aliphatic rings. The van der Waals surface area contributed by atoms with Gasteiger partial charge in [0.2, 0.25) is 10.0 Å². The van der Waals surface area contributed by atoms with Gasteiger partial charge in [0, 0.05) is 31.2 Å². The quantitative estimate of drug-likeness (QED) is 0.879. The molecule has 0 bridgehead atoms. The van der Waals surface area contributed by atoms with Gasteiger partial charge in [-0.05, 0) is 42.5 Å². The number of primary sulfonamides is 1. The van der Waals surface area contributed by atoms with Crippen LogP contribution in [0.4, 0.5) is 30.2 Å². The van der Waals surface area contributed by atoms with Crippen LogP contribution in [0.25, 0.3) is 0 Å². The van der Waals surface area contributed by atoms with Crippen molar-refractivity contribution in [2.75, 3.05) is 24.3 Å². The normalized spacial score (nSPS) is 12.1. The SMILES string of the molecule is CN(C)c1ccc(Nc2ccc(S(N)(=O)=O)c(C(F)(F)F)c2)cc1. The van der Waals surface area contributed by atoms with E-state index in [1.807, 2.05) is 19.0 Å². The standard InChI is InChI=1S/C15H16F3N3O2S/c1-21(2)12-6-3-10(4-7-12)20-11-5-8-14(24(19,22)23)13(9-11)15(16,17)18/h3-9,20H,1-2H3,(H2,19,22,23). The molecule has 5 nitrogen and oxygen atoms in total. The first-order valence-electron chi connectivity index (χ1n) is 6.77. The molecule has 0 saturated carbocycles. The molecule has 2 rings (SSSR count). The molecule has 0 fully saturated rings. The molecule has 0 amide bonds. The van der Waals surface area contributed by atoms with E-state index in [9.17, 15) is 21.6 Å². The van der Waals surface area contributed by atoms with E-state index in [2.05, 4.69) is 5.32 Å². The zero-order chi connectivity index (χ0) is 18.1. The van der Waals surface area contributed by atoms with E-state index < -0.39 is 26.7 Å². The van der Waals surface area contributed by atoms with Gasteiger partial charge in [-0.2, -0.15) is 13.2 Å². The Morgan fingerprint density at radius 1 is 1.00 bits per heavy atom. The summed E-state index contributed by atoms with van der Waals surface area (Å²) < 4.78 is 61.9. The van der Waals surface area contributed by atoms with Crippen molar-refractivity contribution in [3.05, 3.63) is 48.0 Å². The summed E-state index contributed by atoms with van der Waals surface area (Å²) in [4.78, 5) is 0.926. The lowest BCUT2D eigenvalue weighted by Crippen LogP contribution is -2.19. The molecule has 0 spiro atoms. The summed E-state index contributed by atoms with van der Waals surface area (Å²) in [5.74, 6) is 0. The summed E-state index contributed by atoms with van der Waals surface area (Å²) in [6.07, 6.45) is -4.84. The van der Waals surface area contributed by atoms with E-state index in [0.29, 0.717) is 5.69 Å². The third kappa shape index (κ3) is 4.18. The molecule has 2 aromatic carbocycles. The number of nitrogens with one attached hydrogen (secondary N) is 1. The molecule has 24 heavy (non-hydrogen) atoms. The summed E-state index contributed by atoms with van der Waals surface area (Å²) in [6.45, 7) is 0. The van der Waals surface area contributed by atoms with Crippen LogP contribution in [0.3, 0.4) is 0 Å². The number of benzene rings is 2. The largest absolute Gasteiger partial charge is 0.417 e. The number of halogens is 3. The van der Waals surface area contributed by atoms with E-state index >= 15 is 0 Å². The second-order valence-corrected chi connectivity index (χ2v) is 6.85. The lowest BCUT2D eigenvalue weighted by Gasteiger charge is -2.15. The summed E-state index contributed by atoms with van der Waals surface area (Å²) >= 11 is 0. The Labute approximate surface area is 137 Å². The van der Waals surface area contributed by atoms with E-state index in [-0.39, 0.29) is 5.69 Å². The number of nitrogens with two attached hydrogens (primary N) is 1. The van der Waals surface area contributed by atoms with Crippen LogP contribution in [0, 0.1) is 0 Å². The van der Waals surface area contributed by atoms with Gasteiger partial charge in [0.1, 0.15) is 0 Å². The highest BCUT2D eigenvalue weighted by Gasteiger charge is 2.36. The molecule has 0 unspecified atom stereocenters. The van der Waals surface area contributed by atoms with Crippen molar-refractivity contribution in [1.29, 1.82) is 0 Å². The number of alkyl halides is 3. The molecular formula is C15H16F3N3O2S.